The molecule has 0 aromatic rings. The van der Waals surface area contributed by atoms with Gasteiger partial charge in [0.05, 0.1) is 0 Å². The first-order valence-corrected chi connectivity index (χ1v) is 3.28. The van der Waals surface area contributed by atoms with Crippen LogP contribution in [0.3, 0.4) is 0 Å². The van der Waals surface area contributed by atoms with Crippen molar-refractivity contribution in [1.82, 2.24) is 0 Å². The van der Waals surface area contributed by atoms with E-state index < -0.39 is 19.8 Å². The van der Waals surface area contributed by atoms with Crippen LogP contribution in [0.1, 0.15) is 0 Å². The molecule has 0 saturated heterocycles. The SMILES string of the molecule is O=C([O-])C(=O)O.O=P([O-])([O-])[O-].[Mn+2].[Mn+2]. The summed E-state index contributed by atoms with van der Waals surface area (Å²) in [6.45, 7) is 0. The van der Waals surface area contributed by atoms with Gasteiger partial charge in [-0.3, -0.25) is 0 Å². The molecule has 0 aliphatic heterocycles. The molecule has 0 aliphatic carbocycles. The van der Waals surface area contributed by atoms with Crippen molar-refractivity contribution in [3.8, 4) is 0 Å². The van der Waals surface area contributed by atoms with Crippen molar-refractivity contribution in [1.29, 1.82) is 0 Å². The van der Waals surface area contributed by atoms with Crippen LogP contribution in [0.25, 0.3) is 0 Å². The first kappa shape index (κ1) is 23.2. The van der Waals surface area contributed by atoms with Crippen molar-refractivity contribution in [2.45, 2.75) is 0 Å². The maximum atomic E-state index is 9.04. The molecule has 0 spiro atoms. The molecular formula is C2HMn2O8P. The zero-order valence-corrected chi connectivity index (χ0v) is 8.76. The third-order valence-corrected chi connectivity index (χ3v) is 0.175. The van der Waals surface area contributed by atoms with Crippen molar-refractivity contribution in [2.24, 2.45) is 0 Å². The fourth-order valence-electron chi connectivity index (χ4n) is 0. The fraction of sp³-hybridized carbons (Fsp3) is 0. The summed E-state index contributed by atoms with van der Waals surface area (Å²) in [4.78, 5) is 43.7. The number of carboxylic acid groups (broad SMARTS) is 2. The van der Waals surface area contributed by atoms with Gasteiger partial charge in [-0.15, -0.1) is 0 Å². The molecule has 0 aromatic heterocycles. The first-order chi connectivity index (χ1) is 4.64. The Morgan fingerprint density at radius 3 is 1.15 bits per heavy atom. The second-order valence-electron chi connectivity index (χ2n) is 1.04. The fourth-order valence-corrected chi connectivity index (χ4v) is 0. The number of carbonyl (C=O) groups is 2. The van der Waals surface area contributed by atoms with Crippen LogP contribution in [0.2, 0.25) is 0 Å². The second kappa shape index (κ2) is 10.2. The van der Waals surface area contributed by atoms with E-state index in [0.29, 0.717) is 0 Å². The normalized spacial score (nSPS) is 7.92. The van der Waals surface area contributed by atoms with E-state index in [-0.39, 0.29) is 34.1 Å². The van der Waals surface area contributed by atoms with Gasteiger partial charge in [-0.25, -0.2) is 4.79 Å². The zero-order valence-electron chi connectivity index (χ0n) is 5.51. The van der Waals surface area contributed by atoms with Crippen LogP contribution in [0.15, 0.2) is 0 Å². The summed E-state index contributed by atoms with van der Waals surface area (Å²) in [6, 6.07) is 0. The smallest absolute Gasteiger partial charge is 0.822 e. The number of rotatable bonds is 0. The minimum absolute atomic E-state index is 0. The van der Waals surface area contributed by atoms with Gasteiger partial charge >= 0.3 is 40.1 Å². The van der Waals surface area contributed by atoms with E-state index in [1.54, 1.807) is 0 Å². The van der Waals surface area contributed by atoms with E-state index in [1.165, 1.54) is 0 Å². The van der Waals surface area contributed by atoms with Gasteiger partial charge < -0.3 is 34.3 Å². The maximum Gasteiger partial charge on any atom is 2.00 e. The summed E-state index contributed by atoms with van der Waals surface area (Å²) in [7, 11) is -5.39. The summed E-state index contributed by atoms with van der Waals surface area (Å²) in [5.74, 6) is -4.01. The van der Waals surface area contributed by atoms with Crippen LogP contribution in [0, 0.1) is 0 Å². The van der Waals surface area contributed by atoms with Crippen LogP contribution in [0.5, 0.6) is 0 Å². The van der Waals surface area contributed by atoms with Crippen LogP contribution < -0.4 is 19.8 Å². The topological polar surface area (TPSA) is 164 Å². The number of carboxylic acids is 2. The molecule has 0 saturated carbocycles. The third-order valence-electron chi connectivity index (χ3n) is 0.175. The molecule has 8 nitrogen and oxygen atoms in total. The van der Waals surface area contributed by atoms with Gasteiger partial charge in [-0.05, 0) is 0 Å². The quantitative estimate of drug-likeness (QED) is 0.263. The number of hydrogen-bond donors (Lipinski definition) is 1. The molecule has 1 N–H and O–H groups in total. The van der Waals surface area contributed by atoms with E-state index in [4.69, 9.17) is 39.0 Å². The van der Waals surface area contributed by atoms with Gasteiger partial charge in [0.15, 0.2) is 5.97 Å². The first-order valence-electron chi connectivity index (χ1n) is 1.82. The molecule has 0 atom stereocenters. The molecule has 0 amide bonds. The number of phosphoric acid groups is 1. The molecule has 13 heavy (non-hydrogen) atoms. The average Bonchev–Trinajstić information content (AvgIpc) is 1.59. The summed E-state index contributed by atoms with van der Waals surface area (Å²) < 4.78 is 8.55. The van der Waals surface area contributed by atoms with Gasteiger partial charge in [-0.2, -0.15) is 7.82 Å². The van der Waals surface area contributed by atoms with Crippen LogP contribution in [-0.4, -0.2) is 17.0 Å². The number of aliphatic carboxylic acids is 2. The van der Waals surface area contributed by atoms with Crippen LogP contribution in [0.4, 0.5) is 0 Å². The Labute approximate surface area is 93.1 Å². The predicted molar refractivity (Wildman–Crippen MR) is 20.2 cm³/mol. The molecule has 0 heterocycles. The van der Waals surface area contributed by atoms with Crippen LogP contribution in [-0.2, 0) is 48.3 Å². The van der Waals surface area contributed by atoms with Gasteiger partial charge in [0, 0.05) is 0 Å². The van der Waals surface area contributed by atoms with Gasteiger partial charge in [0.2, 0.25) is 0 Å². The summed E-state index contributed by atoms with van der Waals surface area (Å²) in [5, 5.41) is 16.3. The zero-order chi connectivity index (χ0) is 9.65. The molecule has 0 bridgehead atoms. The summed E-state index contributed by atoms with van der Waals surface area (Å²) in [5.41, 5.74) is 0. The monoisotopic (exact) mass is 294 g/mol. The van der Waals surface area contributed by atoms with Crippen molar-refractivity contribution >= 4 is 19.8 Å². The van der Waals surface area contributed by atoms with E-state index in [9.17, 15) is 0 Å². The maximum absolute atomic E-state index is 9.04. The molecule has 0 fully saturated rings. The van der Waals surface area contributed by atoms with Gasteiger partial charge in [0.25, 0.3) is 0 Å². The van der Waals surface area contributed by atoms with Crippen LogP contribution >= 0.6 is 7.82 Å². The Bertz CT molecular complexity index is 176. The van der Waals surface area contributed by atoms with E-state index in [0.717, 1.165) is 0 Å². The second-order valence-corrected chi connectivity index (χ2v) is 1.93. The Hall–Kier alpha value is 0.0890. The summed E-state index contributed by atoms with van der Waals surface area (Å²) >= 11 is 0. The van der Waals surface area contributed by atoms with E-state index in [2.05, 4.69) is 0 Å². The van der Waals surface area contributed by atoms with E-state index >= 15 is 0 Å². The van der Waals surface area contributed by atoms with Crippen molar-refractivity contribution < 1.29 is 73.2 Å². The molecule has 0 rings (SSSR count). The Morgan fingerprint density at radius 1 is 1.08 bits per heavy atom. The molecule has 0 aromatic carbocycles. The van der Waals surface area contributed by atoms with Crippen molar-refractivity contribution in [2.75, 3.05) is 0 Å². The minimum atomic E-state index is -5.39. The molecule has 76 valence electrons. The molecule has 0 unspecified atom stereocenters. The molecule has 2 radical (unpaired) electrons. The predicted octanol–water partition coefficient (Wildman–Crippen LogP) is -5.01. The minimum Gasteiger partial charge on any atom is -0.822 e. The van der Waals surface area contributed by atoms with E-state index in [1.807, 2.05) is 0 Å². The Morgan fingerprint density at radius 2 is 1.15 bits per heavy atom. The number of hydrogen-bond acceptors (Lipinski definition) is 7. The van der Waals surface area contributed by atoms with Gasteiger partial charge in [0.1, 0.15) is 0 Å². The Kier molecular flexibility index (Phi) is 18.1. The number of carbonyl (C=O) groups excluding carboxylic acids is 1. The van der Waals surface area contributed by atoms with Crippen molar-refractivity contribution in [3.05, 3.63) is 0 Å². The van der Waals surface area contributed by atoms with Gasteiger partial charge in [-0.1, -0.05) is 0 Å². The Balaban J connectivity index is -0.0000000546. The summed E-state index contributed by atoms with van der Waals surface area (Å²) in [6.07, 6.45) is 0. The average molecular weight is 294 g/mol. The molecular weight excluding hydrogens is 293 g/mol. The molecule has 11 heteroatoms. The largest absolute Gasteiger partial charge is 2.00 e. The standard InChI is InChI=1S/C2H2O4.2Mn.H3O4P/c3-1(4)2(5)6;;;1-5(2,3)4/h(H,3,4)(H,5,6);;;(H3,1,2,3,4)/q;2*+2;/p-4. The van der Waals surface area contributed by atoms with Crippen molar-refractivity contribution in [3.63, 3.8) is 0 Å². The molecule has 0 aliphatic rings. The third kappa shape index (κ3) is 73.6.